The van der Waals surface area contributed by atoms with Gasteiger partial charge < -0.3 is 19.1 Å². The predicted octanol–water partition coefficient (Wildman–Crippen LogP) is 3.99. The van der Waals surface area contributed by atoms with Crippen molar-refractivity contribution < 1.29 is 22.6 Å². The van der Waals surface area contributed by atoms with Gasteiger partial charge in [-0.1, -0.05) is 13.3 Å². The summed E-state index contributed by atoms with van der Waals surface area (Å²) in [6.07, 6.45) is 4.50. The van der Waals surface area contributed by atoms with Crippen LogP contribution in [-0.2, 0) is 16.4 Å². The zero-order valence-corrected chi connectivity index (χ0v) is 23.1. The molecule has 0 unspecified atom stereocenters. The number of benzene rings is 2. The van der Waals surface area contributed by atoms with Gasteiger partial charge >= 0.3 is 0 Å². The largest absolute Gasteiger partial charge is 0.496 e. The Kier molecular flexibility index (Phi) is 8.51. The Morgan fingerprint density at radius 3 is 2.35 bits per heavy atom. The lowest BCUT2D eigenvalue weighted by atomic mass is 10.0. The number of unbranched alkanes of at least 4 members (excludes halogenated alkanes) is 1. The van der Waals surface area contributed by atoms with E-state index in [0.717, 1.165) is 35.7 Å². The van der Waals surface area contributed by atoms with E-state index in [2.05, 4.69) is 16.8 Å². The Morgan fingerprint density at radius 1 is 0.973 bits per heavy atom. The van der Waals surface area contributed by atoms with Crippen molar-refractivity contribution in [3.63, 3.8) is 0 Å². The van der Waals surface area contributed by atoms with Gasteiger partial charge in [-0.2, -0.15) is 4.31 Å². The summed E-state index contributed by atoms with van der Waals surface area (Å²) in [5.74, 6) is 2.25. The second kappa shape index (κ2) is 11.6. The second-order valence-corrected chi connectivity index (χ2v) is 11.1. The Balaban J connectivity index is 1.87. The van der Waals surface area contributed by atoms with Crippen molar-refractivity contribution >= 4 is 20.9 Å². The minimum absolute atomic E-state index is 0.202. The van der Waals surface area contributed by atoms with Gasteiger partial charge in [0.1, 0.15) is 17.2 Å². The Hall–Kier alpha value is -2.95. The maximum absolute atomic E-state index is 13.5. The molecule has 1 aliphatic rings. The first-order valence-electron chi connectivity index (χ1n) is 12.7. The van der Waals surface area contributed by atoms with E-state index in [1.54, 1.807) is 38.6 Å². The Morgan fingerprint density at radius 2 is 1.70 bits per heavy atom. The number of aryl methyl sites for hydroxylation is 1. The van der Waals surface area contributed by atoms with E-state index in [1.165, 1.54) is 4.31 Å². The van der Waals surface area contributed by atoms with E-state index in [0.29, 0.717) is 61.4 Å². The molecule has 0 aliphatic carbocycles. The fourth-order valence-corrected chi connectivity index (χ4v) is 6.02. The highest BCUT2D eigenvalue weighted by atomic mass is 32.2. The zero-order valence-electron chi connectivity index (χ0n) is 22.3. The monoisotopic (exact) mass is 528 g/mol. The summed E-state index contributed by atoms with van der Waals surface area (Å²) in [5.41, 5.74) is 2.23. The van der Waals surface area contributed by atoms with Crippen LogP contribution in [0.25, 0.3) is 22.3 Å². The molecule has 1 aromatic heterocycles. The van der Waals surface area contributed by atoms with E-state index in [4.69, 9.17) is 19.2 Å². The number of methoxy groups -OCH3 is 2. The molecular weight excluding hydrogens is 492 g/mol. The third-order valence-electron chi connectivity index (χ3n) is 6.71. The standard InChI is InChI=1S/C27H36N4O5S/c1-6-8-9-20-24(34-4)17-25(35-5)22-18-28-27(29-26(20)22)21-16-19(10-11-23(21)36-7-2)37(32,33)31-14-12-30(3)13-15-31/h10-11,16-18H,6-9,12-15H2,1-5H3. The first-order valence-corrected chi connectivity index (χ1v) is 14.1. The van der Waals surface area contributed by atoms with Crippen molar-refractivity contribution in [1.82, 2.24) is 19.2 Å². The highest BCUT2D eigenvalue weighted by Gasteiger charge is 2.29. The van der Waals surface area contributed by atoms with Crippen molar-refractivity contribution in [1.29, 1.82) is 0 Å². The second-order valence-electron chi connectivity index (χ2n) is 9.12. The van der Waals surface area contributed by atoms with Gasteiger partial charge in [0.25, 0.3) is 0 Å². The third-order valence-corrected chi connectivity index (χ3v) is 8.61. The van der Waals surface area contributed by atoms with Crippen molar-refractivity contribution in [3.05, 3.63) is 36.0 Å². The fourth-order valence-electron chi connectivity index (χ4n) is 4.57. The molecule has 0 bridgehead atoms. The fraction of sp³-hybridized carbons (Fsp3) is 0.481. The molecule has 9 nitrogen and oxygen atoms in total. The molecule has 2 heterocycles. The van der Waals surface area contributed by atoms with Crippen LogP contribution in [0, 0.1) is 0 Å². The molecule has 1 aliphatic heterocycles. The van der Waals surface area contributed by atoms with Gasteiger partial charge in [-0.25, -0.2) is 18.4 Å². The molecule has 0 N–H and O–H groups in total. The van der Waals surface area contributed by atoms with Gasteiger partial charge in [-0.3, -0.25) is 0 Å². The third kappa shape index (κ3) is 5.51. The molecule has 0 amide bonds. The quantitative estimate of drug-likeness (QED) is 0.390. The van der Waals surface area contributed by atoms with Crippen LogP contribution in [0.1, 0.15) is 32.3 Å². The summed E-state index contributed by atoms with van der Waals surface area (Å²) in [5, 5.41) is 0.775. The van der Waals surface area contributed by atoms with Crippen molar-refractivity contribution in [2.75, 3.05) is 54.1 Å². The molecule has 1 saturated heterocycles. The lowest BCUT2D eigenvalue weighted by Crippen LogP contribution is -2.47. The molecule has 0 saturated carbocycles. The summed E-state index contributed by atoms with van der Waals surface area (Å²) in [6.45, 7) is 6.75. The molecule has 10 heteroatoms. The van der Waals surface area contributed by atoms with Crippen molar-refractivity contribution in [2.24, 2.45) is 0 Å². The number of piperazine rings is 1. The van der Waals surface area contributed by atoms with Gasteiger partial charge in [0.15, 0.2) is 5.82 Å². The Labute approximate surface area is 219 Å². The minimum Gasteiger partial charge on any atom is -0.496 e. The number of aromatic nitrogens is 2. The predicted molar refractivity (Wildman–Crippen MR) is 144 cm³/mol. The minimum atomic E-state index is -3.68. The highest BCUT2D eigenvalue weighted by molar-refractivity contribution is 7.89. The Bertz CT molecular complexity index is 1350. The summed E-state index contributed by atoms with van der Waals surface area (Å²) in [4.78, 5) is 11.9. The number of sulfonamides is 1. The molecule has 0 radical (unpaired) electrons. The van der Waals surface area contributed by atoms with E-state index in [1.807, 2.05) is 20.0 Å². The summed E-state index contributed by atoms with van der Waals surface area (Å²) in [6, 6.07) is 6.79. The number of hydrogen-bond acceptors (Lipinski definition) is 8. The van der Waals surface area contributed by atoms with Crippen LogP contribution >= 0.6 is 0 Å². The molecule has 200 valence electrons. The summed E-state index contributed by atoms with van der Waals surface area (Å²) < 4.78 is 45.7. The van der Waals surface area contributed by atoms with Gasteiger partial charge in [-0.15, -0.1) is 0 Å². The maximum atomic E-state index is 13.5. The number of fused-ring (bicyclic) bond motifs is 1. The number of rotatable bonds is 10. The van der Waals surface area contributed by atoms with Gasteiger partial charge in [0, 0.05) is 44.0 Å². The number of hydrogen-bond donors (Lipinski definition) is 0. The van der Waals surface area contributed by atoms with Crippen LogP contribution in [0.15, 0.2) is 35.4 Å². The smallest absolute Gasteiger partial charge is 0.243 e. The van der Waals surface area contributed by atoms with Crippen molar-refractivity contribution in [3.8, 4) is 28.6 Å². The van der Waals surface area contributed by atoms with Crippen LogP contribution in [0.2, 0.25) is 0 Å². The number of ether oxygens (including phenoxy) is 3. The molecule has 4 rings (SSSR count). The van der Waals surface area contributed by atoms with Crippen LogP contribution in [0.5, 0.6) is 17.2 Å². The average Bonchev–Trinajstić information content (AvgIpc) is 2.91. The molecule has 0 atom stereocenters. The molecule has 0 spiro atoms. The van der Waals surface area contributed by atoms with Gasteiger partial charge in [0.2, 0.25) is 10.0 Å². The molecular formula is C27H36N4O5S. The van der Waals surface area contributed by atoms with Crippen molar-refractivity contribution in [2.45, 2.75) is 38.0 Å². The van der Waals surface area contributed by atoms with Crippen LogP contribution in [-0.4, -0.2) is 81.6 Å². The van der Waals surface area contributed by atoms with E-state index < -0.39 is 10.0 Å². The lowest BCUT2D eigenvalue weighted by Gasteiger charge is -2.31. The number of likely N-dealkylation sites (N-methyl/N-ethyl adjacent to an activating group) is 1. The van der Waals surface area contributed by atoms with E-state index >= 15 is 0 Å². The SMILES string of the molecule is CCCCc1c(OC)cc(OC)c2cnc(-c3cc(S(=O)(=O)N4CCN(C)CC4)ccc3OCC)nc12. The average molecular weight is 529 g/mol. The molecule has 3 aromatic rings. The zero-order chi connectivity index (χ0) is 26.6. The van der Waals surface area contributed by atoms with Gasteiger partial charge in [-0.05, 0) is 45.0 Å². The normalized spacial score (nSPS) is 15.2. The van der Waals surface area contributed by atoms with Crippen LogP contribution in [0.4, 0.5) is 0 Å². The summed E-state index contributed by atoms with van der Waals surface area (Å²) in [7, 11) is 1.56. The first kappa shape index (κ1) is 27.1. The van der Waals surface area contributed by atoms with E-state index in [9.17, 15) is 8.42 Å². The maximum Gasteiger partial charge on any atom is 0.243 e. The van der Waals surface area contributed by atoms with Crippen LogP contribution < -0.4 is 14.2 Å². The first-order chi connectivity index (χ1) is 17.8. The molecule has 37 heavy (non-hydrogen) atoms. The lowest BCUT2D eigenvalue weighted by molar-refractivity contribution is 0.222. The highest BCUT2D eigenvalue weighted by Crippen LogP contribution is 2.38. The number of nitrogens with zero attached hydrogens (tertiary/aromatic N) is 4. The topological polar surface area (TPSA) is 94.1 Å². The molecule has 2 aromatic carbocycles. The summed E-state index contributed by atoms with van der Waals surface area (Å²) >= 11 is 0. The van der Waals surface area contributed by atoms with Crippen LogP contribution in [0.3, 0.4) is 0 Å². The molecule has 1 fully saturated rings. The van der Waals surface area contributed by atoms with E-state index in [-0.39, 0.29) is 4.90 Å². The van der Waals surface area contributed by atoms with Gasteiger partial charge in [0.05, 0.1) is 42.2 Å².